The van der Waals surface area contributed by atoms with E-state index in [1.807, 2.05) is 19.1 Å². The van der Waals surface area contributed by atoms with Crippen LogP contribution in [0.3, 0.4) is 0 Å². The van der Waals surface area contributed by atoms with Gasteiger partial charge in [-0.1, -0.05) is 66.2 Å². The molecule has 7 heteroatoms. The number of ether oxygens (including phenoxy) is 2. The van der Waals surface area contributed by atoms with E-state index < -0.39 is 35.2 Å². The smallest absolute Gasteiger partial charge is 0.408 e. The molecule has 0 aromatic heterocycles. The van der Waals surface area contributed by atoms with E-state index >= 15 is 4.39 Å². The summed E-state index contributed by atoms with van der Waals surface area (Å²) < 4.78 is 27.3. The van der Waals surface area contributed by atoms with E-state index in [-0.39, 0.29) is 17.7 Å². The van der Waals surface area contributed by atoms with Gasteiger partial charge in [-0.3, -0.25) is 4.79 Å². The molecule has 3 aromatic carbocycles. The molecule has 0 bridgehead atoms. The Morgan fingerprint density at radius 2 is 1.57 bits per heavy atom. The number of rotatable bonds is 7. The van der Waals surface area contributed by atoms with Gasteiger partial charge in [0.2, 0.25) is 5.78 Å². The van der Waals surface area contributed by atoms with Crippen LogP contribution in [0.2, 0.25) is 0 Å². The van der Waals surface area contributed by atoms with Crippen molar-refractivity contribution in [2.24, 2.45) is 0 Å². The Bertz CT molecular complexity index is 1230. The molecule has 0 saturated heterocycles. The fourth-order valence-electron chi connectivity index (χ4n) is 3.72. The molecule has 0 heterocycles. The number of fused-ring (bicyclic) bond motifs is 1. The van der Waals surface area contributed by atoms with E-state index in [4.69, 9.17) is 9.47 Å². The number of alkyl halides is 1. The van der Waals surface area contributed by atoms with Gasteiger partial charge in [0.1, 0.15) is 11.6 Å². The van der Waals surface area contributed by atoms with Crippen LogP contribution < -0.4 is 5.32 Å². The van der Waals surface area contributed by atoms with Crippen LogP contribution in [0.5, 0.6) is 0 Å². The normalized spacial score (nSPS) is 14.0. The van der Waals surface area contributed by atoms with Gasteiger partial charge in [-0.2, -0.15) is 0 Å². The molecule has 0 spiro atoms. The number of carbonyl (C=O) groups is 3. The van der Waals surface area contributed by atoms with Crippen LogP contribution in [0.15, 0.2) is 66.7 Å². The van der Waals surface area contributed by atoms with Crippen molar-refractivity contribution >= 4 is 28.6 Å². The Hall–Kier alpha value is -3.74. The highest BCUT2D eigenvalue weighted by Crippen LogP contribution is 2.36. The van der Waals surface area contributed by atoms with Crippen LogP contribution in [0.1, 0.15) is 55.2 Å². The monoisotopic (exact) mass is 479 g/mol. The van der Waals surface area contributed by atoms with Gasteiger partial charge in [0.15, 0.2) is 0 Å². The highest BCUT2D eigenvalue weighted by molar-refractivity contribution is 6.17. The van der Waals surface area contributed by atoms with Crippen LogP contribution in [0.25, 0.3) is 10.8 Å². The standard InChI is InChI=1S/C28H30FNO5/c1-6-34-25(32)28(29,24(31)22-16-15-19-9-7-8-10-21(19)17-22)23(20-13-11-18(2)12-14-20)30-26(33)35-27(3,4)5/h7-17,23H,6H2,1-5H3,(H,30,33)/t23-,28+/m0/s1. The molecule has 35 heavy (non-hydrogen) atoms. The SMILES string of the molecule is CCOC(=O)[C@](F)(C(=O)c1ccc2ccccc2c1)[C@@H](NC(=O)OC(C)(C)C)c1ccc(C)cc1. The number of hydrogen-bond acceptors (Lipinski definition) is 5. The molecule has 184 valence electrons. The molecule has 0 aliphatic rings. The summed E-state index contributed by atoms with van der Waals surface area (Å²) in [6.07, 6.45) is -0.972. The highest BCUT2D eigenvalue weighted by Gasteiger charge is 2.56. The first-order valence-corrected chi connectivity index (χ1v) is 11.4. The summed E-state index contributed by atoms with van der Waals surface area (Å²) in [7, 11) is 0. The lowest BCUT2D eigenvalue weighted by Crippen LogP contribution is -2.55. The van der Waals surface area contributed by atoms with Gasteiger partial charge in [0.25, 0.3) is 5.67 Å². The van der Waals surface area contributed by atoms with Gasteiger partial charge in [0.05, 0.1) is 6.61 Å². The number of Topliss-reactive ketones (excluding diaryl/α,β-unsaturated/α-hetero) is 1. The minimum Gasteiger partial charge on any atom is -0.463 e. The third-order valence-electron chi connectivity index (χ3n) is 5.38. The number of ketones is 1. The number of carbonyl (C=O) groups excluding carboxylic acids is 3. The second kappa shape index (κ2) is 10.3. The Morgan fingerprint density at radius 1 is 0.943 bits per heavy atom. The van der Waals surface area contributed by atoms with E-state index in [9.17, 15) is 14.4 Å². The number of aryl methyl sites for hydroxylation is 1. The molecule has 6 nitrogen and oxygen atoms in total. The zero-order valence-electron chi connectivity index (χ0n) is 20.6. The van der Waals surface area contributed by atoms with Gasteiger partial charge >= 0.3 is 12.1 Å². The zero-order chi connectivity index (χ0) is 25.8. The number of halogens is 1. The second-order valence-electron chi connectivity index (χ2n) is 9.31. The summed E-state index contributed by atoms with van der Waals surface area (Å²) in [6.45, 7) is 8.17. The minimum atomic E-state index is -3.26. The van der Waals surface area contributed by atoms with Gasteiger partial charge in [-0.25, -0.2) is 14.0 Å². The third-order valence-corrected chi connectivity index (χ3v) is 5.38. The molecule has 3 rings (SSSR count). The number of hydrogen-bond donors (Lipinski definition) is 1. The average molecular weight is 480 g/mol. The van der Waals surface area contributed by atoms with Gasteiger partial charge < -0.3 is 14.8 Å². The third kappa shape index (κ3) is 5.85. The van der Waals surface area contributed by atoms with Crippen molar-refractivity contribution in [2.75, 3.05) is 6.61 Å². The van der Waals surface area contributed by atoms with Crippen molar-refractivity contribution in [3.8, 4) is 0 Å². The quantitative estimate of drug-likeness (QED) is 0.260. The van der Waals surface area contributed by atoms with Crippen molar-refractivity contribution in [1.29, 1.82) is 0 Å². The van der Waals surface area contributed by atoms with Crippen molar-refractivity contribution in [3.63, 3.8) is 0 Å². The minimum absolute atomic E-state index is 0.0256. The number of alkyl carbamates (subject to hydrolysis) is 1. The maximum absolute atomic E-state index is 17.0. The van der Waals surface area contributed by atoms with E-state index in [0.717, 1.165) is 10.9 Å². The molecular formula is C28H30FNO5. The first-order chi connectivity index (χ1) is 16.5. The van der Waals surface area contributed by atoms with Crippen LogP contribution in [0, 0.1) is 6.92 Å². The first-order valence-electron chi connectivity index (χ1n) is 11.4. The Morgan fingerprint density at radius 3 is 2.17 bits per heavy atom. The largest absolute Gasteiger partial charge is 0.463 e. The maximum atomic E-state index is 17.0. The molecular weight excluding hydrogens is 449 g/mol. The fourth-order valence-corrected chi connectivity index (χ4v) is 3.72. The van der Waals surface area contributed by atoms with Crippen LogP contribution in [-0.2, 0) is 14.3 Å². The van der Waals surface area contributed by atoms with Crippen LogP contribution in [-0.4, -0.2) is 35.7 Å². The van der Waals surface area contributed by atoms with Crippen molar-refractivity contribution < 1.29 is 28.2 Å². The first kappa shape index (κ1) is 25.9. The molecule has 0 aliphatic heterocycles. The Labute approximate surface area is 204 Å². The summed E-state index contributed by atoms with van der Waals surface area (Å²) in [5.74, 6) is -2.51. The molecule has 0 saturated carbocycles. The average Bonchev–Trinajstić information content (AvgIpc) is 2.81. The highest BCUT2D eigenvalue weighted by atomic mass is 19.1. The summed E-state index contributed by atoms with van der Waals surface area (Å²) >= 11 is 0. The maximum Gasteiger partial charge on any atom is 0.408 e. The van der Waals surface area contributed by atoms with Gasteiger partial charge in [-0.05, 0) is 57.0 Å². The molecule has 3 aromatic rings. The number of benzene rings is 3. The van der Waals surface area contributed by atoms with E-state index in [2.05, 4.69) is 5.32 Å². The molecule has 0 fully saturated rings. The Kier molecular flexibility index (Phi) is 7.58. The van der Waals surface area contributed by atoms with E-state index in [0.29, 0.717) is 5.39 Å². The number of esters is 1. The second-order valence-corrected chi connectivity index (χ2v) is 9.31. The Balaban J connectivity index is 2.15. The predicted octanol–water partition coefficient (Wildman–Crippen LogP) is 5.87. The number of nitrogens with one attached hydrogen (secondary N) is 1. The van der Waals surface area contributed by atoms with Crippen LogP contribution >= 0.6 is 0 Å². The summed E-state index contributed by atoms with van der Waals surface area (Å²) in [6, 6.07) is 16.7. The topological polar surface area (TPSA) is 81.7 Å². The van der Waals surface area contributed by atoms with Gasteiger partial charge in [0, 0.05) is 5.56 Å². The van der Waals surface area contributed by atoms with E-state index in [1.165, 1.54) is 19.1 Å². The predicted molar refractivity (Wildman–Crippen MR) is 132 cm³/mol. The van der Waals surface area contributed by atoms with E-state index in [1.54, 1.807) is 63.2 Å². The molecule has 0 unspecified atom stereocenters. The zero-order valence-corrected chi connectivity index (χ0v) is 20.6. The summed E-state index contributed by atoms with van der Waals surface area (Å²) in [4.78, 5) is 39.5. The molecule has 0 radical (unpaired) electrons. The van der Waals surface area contributed by atoms with Gasteiger partial charge in [-0.15, -0.1) is 0 Å². The molecule has 1 amide bonds. The molecule has 2 atom stereocenters. The summed E-state index contributed by atoms with van der Waals surface area (Å²) in [5.41, 5.74) is -3.07. The number of amides is 1. The fraction of sp³-hybridized carbons (Fsp3) is 0.321. The lowest BCUT2D eigenvalue weighted by Gasteiger charge is -2.32. The molecule has 1 N–H and O–H groups in total. The lowest BCUT2D eigenvalue weighted by molar-refractivity contribution is -0.155. The van der Waals surface area contributed by atoms with Crippen molar-refractivity contribution in [1.82, 2.24) is 5.32 Å². The summed E-state index contributed by atoms with van der Waals surface area (Å²) in [5, 5.41) is 3.98. The van der Waals surface area contributed by atoms with Crippen molar-refractivity contribution in [2.45, 2.75) is 51.9 Å². The lowest BCUT2D eigenvalue weighted by atomic mass is 9.83. The van der Waals surface area contributed by atoms with Crippen LogP contribution in [0.4, 0.5) is 9.18 Å². The van der Waals surface area contributed by atoms with Crippen molar-refractivity contribution in [3.05, 3.63) is 83.4 Å². The molecule has 0 aliphatic carbocycles.